The first-order valence-electron chi connectivity index (χ1n) is 7.88. The van der Waals surface area contributed by atoms with Crippen LogP contribution in [0.2, 0.25) is 0 Å². The molecule has 2 atom stereocenters. The zero-order valence-electron chi connectivity index (χ0n) is 12.7. The lowest BCUT2D eigenvalue weighted by Gasteiger charge is -2.38. The first-order chi connectivity index (χ1) is 10.4. The van der Waals surface area contributed by atoms with Crippen LogP contribution in [-0.4, -0.2) is 24.7 Å². The van der Waals surface area contributed by atoms with Crippen molar-refractivity contribution in [2.45, 2.75) is 55.9 Å². The van der Waals surface area contributed by atoms with E-state index in [1.54, 1.807) is 13.0 Å². The fourth-order valence-electron chi connectivity index (χ4n) is 3.86. The molecule has 0 amide bonds. The fraction of sp³-hybridized carbons (Fsp3) is 0.588. The van der Waals surface area contributed by atoms with Crippen molar-refractivity contribution in [1.82, 2.24) is 0 Å². The van der Waals surface area contributed by atoms with Crippen molar-refractivity contribution < 1.29 is 17.6 Å². The van der Waals surface area contributed by atoms with Gasteiger partial charge in [0.25, 0.3) is 0 Å². The van der Waals surface area contributed by atoms with Crippen LogP contribution < -0.4 is 0 Å². The molecule has 2 unspecified atom stereocenters. The number of halogens is 1. The third kappa shape index (κ3) is 2.83. The molecule has 5 heteroatoms. The minimum atomic E-state index is -3.02. The number of carbonyl (C=O) groups excluding carboxylic acids is 1. The molecule has 0 saturated carbocycles. The van der Waals surface area contributed by atoms with E-state index in [9.17, 15) is 17.6 Å². The molecule has 120 valence electrons. The van der Waals surface area contributed by atoms with E-state index in [1.165, 1.54) is 12.1 Å². The van der Waals surface area contributed by atoms with E-state index in [0.29, 0.717) is 25.7 Å². The Bertz CT molecular complexity index is 676. The molecule has 2 aliphatic rings. The topological polar surface area (TPSA) is 51.2 Å². The summed E-state index contributed by atoms with van der Waals surface area (Å²) in [7, 11) is -3.02. The Morgan fingerprint density at radius 1 is 1.23 bits per heavy atom. The molecule has 2 bridgehead atoms. The van der Waals surface area contributed by atoms with Crippen molar-refractivity contribution in [3.63, 3.8) is 0 Å². The fourth-order valence-corrected chi connectivity index (χ4v) is 6.40. The molecule has 0 radical (unpaired) electrons. The smallest absolute Gasteiger partial charge is 0.156 e. The van der Waals surface area contributed by atoms with Gasteiger partial charge in [-0.3, -0.25) is 4.79 Å². The van der Waals surface area contributed by atoms with Crippen molar-refractivity contribution in [3.8, 4) is 0 Å². The Balaban J connectivity index is 1.74. The molecule has 1 aromatic rings. The molecular weight excluding hydrogens is 303 g/mol. The highest BCUT2D eigenvalue weighted by molar-refractivity contribution is 7.92. The number of Topliss-reactive ketones (excluding diaryl/α,β-unsaturated/α-hetero) is 1. The summed E-state index contributed by atoms with van der Waals surface area (Å²) < 4.78 is 37.6. The lowest BCUT2D eigenvalue weighted by Crippen LogP contribution is -2.45. The van der Waals surface area contributed by atoms with Crippen LogP contribution in [0.25, 0.3) is 0 Å². The van der Waals surface area contributed by atoms with E-state index in [4.69, 9.17) is 0 Å². The average Bonchev–Trinajstić information content (AvgIpc) is 2.40. The van der Waals surface area contributed by atoms with Crippen molar-refractivity contribution in [2.75, 3.05) is 0 Å². The molecule has 0 aliphatic carbocycles. The molecule has 1 aromatic carbocycles. The summed E-state index contributed by atoms with van der Waals surface area (Å²) in [4.78, 5) is 12.6. The van der Waals surface area contributed by atoms with Gasteiger partial charge in [0, 0.05) is 12.3 Å². The molecule has 2 heterocycles. The van der Waals surface area contributed by atoms with Crippen LogP contribution in [0.4, 0.5) is 4.39 Å². The van der Waals surface area contributed by atoms with E-state index in [2.05, 4.69) is 0 Å². The predicted molar refractivity (Wildman–Crippen MR) is 82.9 cm³/mol. The first-order valence-corrected chi connectivity index (χ1v) is 9.49. The molecular formula is C17H21FO3S. The Morgan fingerprint density at radius 2 is 1.86 bits per heavy atom. The quantitative estimate of drug-likeness (QED) is 0.859. The Kier molecular flexibility index (Phi) is 4.10. The SMILES string of the molecule is Cc1cc(F)ccc1CC(=O)C1CC2CCCC(C1)S2(=O)=O. The molecule has 0 aromatic heterocycles. The molecule has 0 spiro atoms. The monoisotopic (exact) mass is 324 g/mol. The Hall–Kier alpha value is -1.23. The van der Waals surface area contributed by atoms with Gasteiger partial charge in [-0.25, -0.2) is 12.8 Å². The maximum absolute atomic E-state index is 13.1. The number of aryl methyl sites for hydroxylation is 1. The van der Waals surface area contributed by atoms with Crippen LogP contribution in [0.3, 0.4) is 0 Å². The number of rotatable bonds is 3. The van der Waals surface area contributed by atoms with Crippen molar-refractivity contribution in [3.05, 3.63) is 35.1 Å². The van der Waals surface area contributed by atoms with Gasteiger partial charge in [-0.15, -0.1) is 0 Å². The largest absolute Gasteiger partial charge is 0.299 e. The van der Waals surface area contributed by atoms with E-state index >= 15 is 0 Å². The molecule has 22 heavy (non-hydrogen) atoms. The second-order valence-electron chi connectivity index (χ2n) is 6.65. The van der Waals surface area contributed by atoms with E-state index in [-0.39, 0.29) is 34.4 Å². The molecule has 0 N–H and O–H groups in total. The molecule has 2 saturated heterocycles. The van der Waals surface area contributed by atoms with Crippen LogP contribution in [0.15, 0.2) is 18.2 Å². The lowest BCUT2D eigenvalue weighted by molar-refractivity contribution is -0.122. The predicted octanol–water partition coefficient (Wildman–Crippen LogP) is 2.99. The van der Waals surface area contributed by atoms with Gasteiger partial charge in [0.2, 0.25) is 0 Å². The maximum Gasteiger partial charge on any atom is 0.156 e. The summed E-state index contributed by atoms with van der Waals surface area (Å²) in [5.41, 5.74) is 1.61. The van der Waals surface area contributed by atoms with Gasteiger partial charge < -0.3 is 0 Å². The van der Waals surface area contributed by atoms with Gasteiger partial charge in [0.15, 0.2) is 9.84 Å². The van der Waals surface area contributed by atoms with E-state index in [0.717, 1.165) is 17.5 Å². The van der Waals surface area contributed by atoms with Crippen LogP contribution in [0.5, 0.6) is 0 Å². The Morgan fingerprint density at radius 3 is 2.45 bits per heavy atom. The number of benzene rings is 1. The summed E-state index contributed by atoms with van der Waals surface area (Å²) in [6.45, 7) is 1.80. The van der Waals surface area contributed by atoms with Gasteiger partial charge in [-0.05, 0) is 55.9 Å². The highest BCUT2D eigenvalue weighted by Crippen LogP contribution is 2.40. The Labute approximate surface area is 130 Å². The second-order valence-corrected chi connectivity index (χ2v) is 9.16. The van der Waals surface area contributed by atoms with E-state index in [1.807, 2.05) is 0 Å². The highest BCUT2D eigenvalue weighted by Gasteiger charge is 2.45. The van der Waals surface area contributed by atoms with Crippen LogP contribution in [0, 0.1) is 18.7 Å². The van der Waals surface area contributed by atoms with Gasteiger partial charge in [0.1, 0.15) is 11.6 Å². The molecule has 3 nitrogen and oxygen atoms in total. The minimum absolute atomic E-state index is 0.0986. The number of carbonyl (C=O) groups is 1. The third-order valence-corrected chi connectivity index (χ3v) is 7.92. The summed E-state index contributed by atoms with van der Waals surface area (Å²) in [6, 6.07) is 4.46. The van der Waals surface area contributed by atoms with Crippen LogP contribution >= 0.6 is 0 Å². The summed E-state index contributed by atoms with van der Waals surface area (Å²) in [5.74, 6) is -0.364. The number of sulfone groups is 1. The number of hydrogen-bond acceptors (Lipinski definition) is 3. The molecule has 2 aliphatic heterocycles. The lowest BCUT2D eigenvalue weighted by atomic mass is 9.84. The normalized spacial score (nSPS) is 30.0. The number of ketones is 1. The van der Waals surface area contributed by atoms with Crippen molar-refractivity contribution in [1.29, 1.82) is 0 Å². The minimum Gasteiger partial charge on any atom is -0.299 e. The average molecular weight is 324 g/mol. The van der Waals surface area contributed by atoms with Gasteiger partial charge in [-0.2, -0.15) is 0 Å². The summed E-state index contributed by atoms with van der Waals surface area (Å²) >= 11 is 0. The van der Waals surface area contributed by atoms with Gasteiger partial charge in [0.05, 0.1) is 10.5 Å². The van der Waals surface area contributed by atoms with Gasteiger partial charge >= 0.3 is 0 Å². The van der Waals surface area contributed by atoms with Crippen LogP contribution in [-0.2, 0) is 21.1 Å². The third-order valence-electron chi connectivity index (χ3n) is 5.20. The number of fused-ring (bicyclic) bond motifs is 2. The number of hydrogen-bond donors (Lipinski definition) is 0. The van der Waals surface area contributed by atoms with Crippen LogP contribution in [0.1, 0.15) is 43.2 Å². The van der Waals surface area contributed by atoms with E-state index < -0.39 is 9.84 Å². The second kappa shape index (κ2) is 5.76. The van der Waals surface area contributed by atoms with Crippen molar-refractivity contribution in [2.24, 2.45) is 5.92 Å². The highest BCUT2D eigenvalue weighted by atomic mass is 32.2. The zero-order chi connectivity index (χ0) is 15.9. The summed E-state index contributed by atoms with van der Waals surface area (Å²) in [5, 5.41) is -0.661. The first kappa shape index (κ1) is 15.7. The van der Waals surface area contributed by atoms with Gasteiger partial charge in [-0.1, -0.05) is 12.5 Å². The standard InChI is InChI=1S/C17H21FO3S/c1-11-7-14(18)6-5-12(11)10-17(19)13-8-15-3-2-4-16(9-13)22(15,20)21/h5-7,13,15-16H,2-4,8-10H2,1H3. The molecule has 2 fully saturated rings. The zero-order valence-corrected chi connectivity index (χ0v) is 13.5. The molecule has 3 rings (SSSR count). The summed E-state index contributed by atoms with van der Waals surface area (Å²) in [6.07, 6.45) is 3.55. The van der Waals surface area contributed by atoms with Crippen molar-refractivity contribution >= 4 is 15.6 Å². The maximum atomic E-state index is 13.1.